The molecular weight excluding hydrogens is 390 g/mol. The molecule has 0 radical (unpaired) electrons. The lowest BCUT2D eigenvalue weighted by molar-refractivity contribution is -0.141. The summed E-state index contributed by atoms with van der Waals surface area (Å²) in [6.45, 7) is 2.42. The van der Waals surface area contributed by atoms with E-state index in [-0.39, 0.29) is 35.0 Å². The molecule has 0 fully saturated rings. The minimum atomic E-state index is -3.77. The summed E-state index contributed by atoms with van der Waals surface area (Å²) in [6.07, 6.45) is 0. The van der Waals surface area contributed by atoms with Gasteiger partial charge in [-0.3, -0.25) is 4.79 Å². The van der Waals surface area contributed by atoms with Gasteiger partial charge in [-0.25, -0.2) is 18.1 Å². The van der Waals surface area contributed by atoms with Crippen LogP contribution in [0.1, 0.15) is 6.92 Å². The highest BCUT2D eigenvalue weighted by Crippen LogP contribution is 2.36. The van der Waals surface area contributed by atoms with Crippen LogP contribution in [0.3, 0.4) is 0 Å². The van der Waals surface area contributed by atoms with Gasteiger partial charge in [-0.05, 0) is 19.1 Å². The molecule has 11 heteroatoms. The molecule has 1 heterocycles. The molecule has 0 aliphatic carbocycles. The van der Waals surface area contributed by atoms with Crippen LogP contribution in [-0.4, -0.2) is 52.7 Å². The van der Waals surface area contributed by atoms with Crippen LogP contribution in [0.2, 0.25) is 5.02 Å². The van der Waals surface area contributed by atoms with E-state index >= 15 is 0 Å². The normalized spacial score (nSPS) is 11.6. The van der Waals surface area contributed by atoms with E-state index in [1.807, 2.05) is 0 Å². The molecule has 0 amide bonds. The number of nitrogens with one attached hydrogen (secondary N) is 2. The maximum absolute atomic E-state index is 12.3. The number of hydrogen-bond acceptors (Lipinski definition) is 8. The summed E-state index contributed by atoms with van der Waals surface area (Å²) in [5.74, 6) is 0.0414. The number of aromatic nitrogens is 1. The Hall–Kier alpha value is -1.46. The van der Waals surface area contributed by atoms with Crippen molar-refractivity contribution in [1.29, 1.82) is 0 Å². The fourth-order valence-electron chi connectivity index (χ4n) is 1.93. The Balaban J connectivity index is 1.99. The minimum Gasteiger partial charge on any atom is -0.495 e. The monoisotopic (exact) mass is 407 g/mol. The van der Waals surface area contributed by atoms with E-state index in [1.165, 1.54) is 7.11 Å². The van der Waals surface area contributed by atoms with Crippen LogP contribution in [0.25, 0.3) is 10.2 Å². The van der Waals surface area contributed by atoms with E-state index in [4.69, 9.17) is 21.1 Å². The number of esters is 1. The topological polar surface area (TPSA) is 107 Å². The van der Waals surface area contributed by atoms with Gasteiger partial charge < -0.3 is 14.8 Å². The summed E-state index contributed by atoms with van der Waals surface area (Å²) in [5, 5.41) is 3.06. The second-order valence-electron chi connectivity index (χ2n) is 4.79. The number of rotatable bonds is 9. The first-order valence-electron chi connectivity index (χ1n) is 7.38. The van der Waals surface area contributed by atoms with E-state index < -0.39 is 10.0 Å². The average Bonchev–Trinajstić information content (AvgIpc) is 3.01. The Labute approximate surface area is 154 Å². The zero-order valence-corrected chi connectivity index (χ0v) is 16.1. The summed E-state index contributed by atoms with van der Waals surface area (Å²) in [5.41, 5.74) is 0.381. The van der Waals surface area contributed by atoms with Crippen LogP contribution in [0, 0.1) is 0 Å². The highest BCUT2D eigenvalue weighted by molar-refractivity contribution is 7.91. The van der Waals surface area contributed by atoms with Crippen molar-refractivity contribution in [1.82, 2.24) is 15.0 Å². The average molecular weight is 408 g/mol. The summed E-state index contributed by atoms with van der Waals surface area (Å²) < 4.78 is 37.5. The number of fused-ring (bicyclic) bond motifs is 1. The molecule has 2 rings (SSSR count). The number of nitrogens with zero attached hydrogens (tertiary/aromatic N) is 1. The van der Waals surface area contributed by atoms with E-state index in [0.717, 1.165) is 11.3 Å². The fourth-order valence-corrected chi connectivity index (χ4v) is 4.57. The number of benzene rings is 1. The van der Waals surface area contributed by atoms with Crippen molar-refractivity contribution in [3.63, 3.8) is 0 Å². The van der Waals surface area contributed by atoms with Crippen molar-refractivity contribution < 1.29 is 22.7 Å². The predicted octanol–water partition coefficient (Wildman–Crippen LogP) is 1.39. The highest BCUT2D eigenvalue weighted by Gasteiger charge is 2.21. The molecule has 0 spiro atoms. The molecule has 0 aliphatic rings. The van der Waals surface area contributed by atoms with Gasteiger partial charge in [-0.15, -0.1) is 11.3 Å². The second-order valence-corrected chi connectivity index (χ2v) is 8.14. The number of carbonyl (C=O) groups is 1. The largest absolute Gasteiger partial charge is 0.495 e. The zero-order chi connectivity index (χ0) is 18.4. The van der Waals surface area contributed by atoms with Crippen molar-refractivity contribution in [2.75, 3.05) is 33.4 Å². The zero-order valence-electron chi connectivity index (χ0n) is 13.7. The van der Waals surface area contributed by atoms with Crippen LogP contribution in [0.15, 0.2) is 16.5 Å². The van der Waals surface area contributed by atoms with Crippen LogP contribution in [0.4, 0.5) is 0 Å². The second kappa shape index (κ2) is 8.77. The van der Waals surface area contributed by atoms with Crippen LogP contribution < -0.4 is 14.8 Å². The molecule has 0 saturated heterocycles. The summed E-state index contributed by atoms with van der Waals surface area (Å²) in [6, 6.07) is 3.36. The van der Waals surface area contributed by atoms with Crippen molar-refractivity contribution in [2.24, 2.45) is 0 Å². The molecule has 138 valence electrons. The van der Waals surface area contributed by atoms with Crippen molar-refractivity contribution in [3.05, 3.63) is 17.2 Å². The first kappa shape index (κ1) is 19.9. The molecule has 0 atom stereocenters. The number of thiazole rings is 1. The Kier molecular flexibility index (Phi) is 6.96. The molecule has 0 saturated carbocycles. The summed E-state index contributed by atoms with van der Waals surface area (Å²) in [4.78, 5) is 15.3. The molecule has 8 nitrogen and oxygen atoms in total. The lowest BCUT2D eigenvalue weighted by Gasteiger charge is -2.05. The third-order valence-electron chi connectivity index (χ3n) is 3.06. The van der Waals surface area contributed by atoms with Crippen molar-refractivity contribution in [3.8, 4) is 5.75 Å². The Morgan fingerprint density at radius 3 is 2.80 bits per heavy atom. The number of carbonyl (C=O) groups excluding carboxylic acids is 1. The Bertz CT molecular complexity index is 854. The predicted molar refractivity (Wildman–Crippen MR) is 95.9 cm³/mol. The number of halogens is 1. The van der Waals surface area contributed by atoms with Gasteiger partial charge in [0.1, 0.15) is 16.3 Å². The summed E-state index contributed by atoms with van der Waals surface area (Å²) >= 11 is 7.17. The number of sulfonamides is 1. The van der Waals surface area contributed by atoms with E-state index in [0.29, 0.717) is 22.6 Å². The Morgan fingerprint density at radius 1 is 1.36 bits per heavy atom. The smallest absolute Gasteiger partial charge is 0.319 e. The SMILES string of the molecule is CCOC(=O)CNCCNS(=O)(=O)c1nc2c(Cl)c(OC)ccc2s1. The van der Waals surface area contributed by atoms with Gasteiger partial charge in [0, 0.05) is 13.1 Å². The molecule has 1 aromatic heterocycles. The van der Waals surface area contributed by atoms with Gasteiger partial charge in [0.2, 0.25) is 4.34 Å². The van der Waals surface area contributed by atoms with Crippen molar-refractivity contribution in [2.45, 2.75) is 11.3 Å². The van der Waals surface area contributed by atoms with Gasteiger partial charge >= 0.3 is 5.97 Å². The number of ether oxygens (including phenoxy) is 2. The third-order valence-corrected chi connectivity index (χ3v) is 6.29. The van der Waals surface area contributed by atoms with Crippen LogP contribution in [0.5, 0.6) is 5.75 Å². The van der Waals surface area contributed by atoms with Gasteiger partial charge in [0.25, 0.3) is 10.0 Å². The maximum Gasteiger partial charge on any atom is 0.319 e. The fraction of sp³-hybridized carbons (Fsp3) is 0.429. The lowest BCUT2D eigenvalue weighted by atomic mass is 10.3. The van der Waals surface area contributed by atoms with Gasteiger partial charge in [-0.1, -0.05) is 11.6 Å². The molecule has 2 N–H and O–H groups in total. The van der Waals surface area contributed by atoms with Gasteiger partial charge in [0.05, 0.1) is 25.0 Å². The molecule has 0 aliphatic heterocycles. The molecule has 2 aromatic rings. The number of hydrogen-bond donors (Lipinski definition) is 2. The lowest BCUT2D eigenvalue weighted by Crippen LogP contribution is -2.34. The highest BCUT2D eigenvalue weighted by atomic mass is 35.5. The number of methoxy groups -OCH3 is 1. The van der Waals surface area contributed by atoms with Crippen LogP contribution >= 0.6 is 22.9 Å². The summed E-state index contributed by atoms with van der Waals surface area (Å²) in [7, 11) is -2.29. The molecule has 1 aromatic carbocycles. The molecule has 0 unspecified atom stereocenters. The molecule has 25 heavy (non-hydrogen) atoms. The van der Waals surface area contributed by atoms with E-state index in [2.05, 4.69) is 15.0 Å². The van der Waals surface area contributed by atoms with Gasteiger partial charge in [-0.2, -0.15) is 0 Å². The van der Waals surface area contributed by atoms with Crippen molar-refractivity contribution >= 4 is 49.1 Å². The van der Waals surface area contributed by atoms with E-state index in [9.17, 15) is 13.2 Å². The first-order chi connectivity index (χ1) is 11.9. The Morgan fingerprint density at radius 2 is 2.12 bits per heavy atom. The van der Waals surface area contributed by atoms with E-state index in [1.54, 1.807) is 19.1 Å². The van der Waals surface area contributed by atoms with Crippen LogP contribution in [-0.2, 0) is 19.6 Å². The third kappa shape index (κ3) is 5.02. The quantitative estimate of drug-likeness (QED) is 0.477. The molecule has 0 bridgehead atoms. The first-order valence-corrected chi connectivity index (χ1v) is 10.1. The maximum atomic E-state index is 12.3. The standard InChI is InChI=1S/C14H18ClN3O5S2/c1-3-23-11(19)8-16-6-7-17-25(20,21)14-18-13-10(24-14)5-4-9(22-2)12(13)15/h4-5,16-17H,3,6-8H2,1-2H3. The van der Waals surface area contributed by atoms with Gasteiger partial charge in [0.15, 0.2) is 0 Å². The molecular formula is C14H18ClN3O5S2. The minimum absolute atomic E-state index is 0.0199.